The lowest BCUT2D eigenvalue weighted by Crippen LogP contribution is -2.42. The molecule has 1 aromatic heterocycles. The summed E-state index contributed by atoms with van der Waals surface area (Å²) in [6.07, 6.45) is 0.718. The fourth-order valence-electron chi connectivity index (χ4n) is 4.00. The second-order valence-corrected chi connectivity index (χ2v) is 9.56. The van der Waals surface area contributed by atoms with Gasteiger partial charge in [0.1, 0.15) is 23.7 Å². The van der Waals surface area contributed by atoms with Crippen molar-refractivity contribution in [1.29, 1.82) is 0 Å². The van der Waals surface area contributed by atoms with Crippen molar-refractivity contribution in [2.75, 3.05) is 21.0 Å². The number of halogens is 1. The summed E-state index contributed by atoms with van der Waals surface area (Å²) >= 11 is 0. The maximum atomic E-state index is 13.7. The van der Waals surface area contributed by atoms with Gasteiger partial charge in [0, 0.05) is 29.8 Å². The number of methoxy groups -OCH3 is 2. The minimum atomic E-state index is -1.05. The van der Waals surface area contributed by atoms with E-state index in [2.05, 4.69) is 10.3 Å². The molecule has 0 saturated carbocycles. The van der Waals surface area contributed by atoms with Crippen LogP contribution in [0.25, 0.3) is 0 Å². The van der Waals surface area contributed by atoms with Gasteiger partial charge in [-0.3, -0.25) is 9.59 Å². The van der Waals surface area contributed by atoms with Crippen LogP contribution in [0.1, 0.15) is 63.5 Å². The molecule has 11 heteroatoms. The summed E-state index contributed by atoms with van der Waals surface area (Å²) < 4.78 is 40.6. The van der Waals surface area contributed by atoms with Crippen LogP contribution in [0.5, 0.6) is 17.2 Å². The highest BCUT2D eigenvalue weighted by molar-refractivity contribution is 5.98. The number of ether oxygens (including phenoxy) is 5. The molecular weight excluding hydrogens is 511 g/mol. The summed E-state index contributed by atoms with van der Waals surface area (Å²) in [7, 11) is 2.83. The molecule has 0 bridgehead atoms. The molecule has 1 aromatic carbocycles. The topological polar surface area (TPSA) is 122 Å². The van der Waals surface area contributed by atoms with Gasteiger partial charge in [-0.1, -0.05) is 33.8 Å². The van der Waals surface area contributed by atoms with Crippen molar-refractivity contribution in [2.45, 2.75) is 59.6 Å². The number of nitrogens with one attached hydrogen (secondary N) is 1. The Labute approximate surface area is 228 Å². The summed E-state index contributed by atoms with van der Waals surface area (Å²) in [4.78, 5) is 41.8. The maximum absolute atomic E-state index is 13.7. The SMILES string of the molecule is COc1cc(F)ccc1[C@H](C(C)C)[C@H](C)OC(=O)[C@H](C)NC(=O)c1nccc(OC)c1OCOC(=O)C(C)C. The van der Waals surface area contributed by atoms with E-state index in [1.807, 2.05) is 13.8 Å². The number of carbonyl (C=O) groups is 3. The van der Waals surface area contributed by atoms with E-state index in [-0.39, 0.29) is 34.9 Å². The molecule has 0 fully saturated rings. The molecule has 1 heterocycles. The Morgan fingerprint density at radius 3 is 2.21 bits per heavy atom. The van der Waals surface area contributed by atoms with Gasteiger partial charge in [-0.05, 0) is 25.8 Å². The Hall–Kier alpha value is -3.89. The Balaban J connectivity index is 2.15. The number of benzene rings is 1. The van der Waals surface area contributed by atoms with Crippen molar-refractivity contribution in [3.63, 3.8) is 0 Å². The number of pyridine rings is 1. The molecule has 0 spiro atoms. The molecule has 10 nitrogen and oxygen atoms in total. The first-order valence-corrected chi connectivity index (χ1v) is 12.6. The van der Waals surface area contributed by atoms with E-state index in [0.717, 1.165) is 0 Å². The largest absolute Gasteiger partial charge is 0.496 e. The molecule has 1 amide bonds. The van der Waals surface area contributed by atoms with Crippen LogP contribution in [-0.2, 0) is 19.1 Å². The highest BCUT2D eigenvalue weighted by Crippen LogP contribution is 2.36. The number of hydrogen-bond acceptors (Lipinski definition) is 9. The second kappa shape index (κ2) is 14.3. The molecule has 0 radical (unpaired) electrons. The van der Waals surface area contributed by atoms with Crippen LogP contribution in [0.2, 0.25) is 0 Å². The van der Waals surface area contributed by atoms with Crippen LogP contribution in [0.3, 0.4) is 0 Å². The van der Waals surface area contributed by atoms with E-state index in [0.29, 0.717) is 11.3 Å². The number of rotatable bonds is 13. The average Bonchev–Trinajstić information content (AvgIpc) is 2.88. The molecule has 39 heavy (non-hydrogen) atoms. The third-order valence-electron chi connectivity index (χ3n) is 5.96. The molecule has 0 aliphatic heterocycles. The third kappa shape index (κ3) is 8.30. The van der Waals surface area contributed by atoms with Gasteiger partial charge in [-0.2, -0.15) is 0 Å². The van der Waals surface area contributed by atoms with Gasteiger partial charge in [0.15, 0.2) is 17.2 Å². The van der Waals surface area contributed by atoms with Crippen LogP contribution in [0.4, 0.5) is 4.39 Å². The molecule has 1 N–H and O–H groups in total. The zero-order valence-corrected chi connectivity index (χ0v) is 23.6. The summed E-state index contributed by atoms with van der Waals surface area (Å²) in [6.45, 7) is 10.0. The quantitative estimate of drug-likeness (QED) is 0.289. The minimum absolute atomic E-state index is 0.0162. The maximum Gasteiger partial charge on any atom is 0.328 e. The van der Waals surface area contributed by atoms with E-state index in [9.17, 15) is 18.8 Å². The van der Waals surface area contributed by atoms with Gasteiger partial charge in [-0.25, -0.2) is 14.2 Å². The highest BCUT2D eigenvalue weighted by Gasteiger charge is 2.31. The number of esters is 2. The first-order chi connectivity index (χ1) is 18.4. The summed E-state index contributed by atoms with van der Waals surface area (Å²) in [5.74, 6) is -2.48. The van der Waals surface area contributed by atoms with Crippen molar-refractivity contribution < 1.29 is 42.5 Å². The van der Waals surface area contributed by atoms with E-state index in [4.69, 9.17) is 23.7 Å². The molecule has 2 rings (SSSR count). The number of nitrogens with zero attached hydrogens (tertiary/aromatic N) is 1. The lowest BCUT2D eigenvalue weighted by Gasteiger charge is -2.30. The van der Waals surface area contributed by atoms with Crippen LogP contribution < -0.4 is 19.5 Å². The van der Waals surface area contributed by atoms with Crippen LogP contribution in [-0.4, -0.2) is 56.0 Å². The average molecular weight is 549 g/mol. The standard InChI is InChI=1S/C28H37FN2O8/c1-15(2)23(20-10-9-19(29)13-22(20)36-8)18(6)39-28(34)17(5)31-26(32)24-25(21(35-7)11-12-30-24)37-14-38-27(33)16(3)4/h9-13,15-18,23H,14H2,1-8H3,(H,31,32)/t17-,18-,23+/m0/s1. The van der Waals surface area contributed by atoms with Crippen LogP contribution in [0, 0.1) is 17.7 Å². The predicted octanol–water partition coefficient (Wildman–Crippen LogP) is 4.26. The molecule has 214 valence electrons. The smallest absolute Gasteiger partial charge is 0.328 e. The number of amides is 1. The monoisotopic (exact) mass is 548 g/mol. The van der Waals surface area contributed by atoms with Gasteiger partial charge in [-0.15, -0.1) is 0 Å². The Morgan fingerprint density at radius 1 is 0.949 bits per heavy atom. The zero-order valence-electron chi connectivity index (χ0n) is 23.6. The van der Waals surface area contributed by atoms with Crippen LogP contribution >= 0.6 is 0 Å². The number of hydrogen-bond donors (Lipinski definition) is 1. The Bertz CT molecular complexity index is 1150. The van der Waals surface area contributed by atoms with E-state index < -0.39 is 42.6 Å². The molecular formula is C28H37FN2O8. The summed E-state index contributed by atoms with van der Waals surface area (Å²) in [6, 6.07) is 4.65. The molecule has 0 aliphatic carbocycles. The minimum Gasteiger partial charge on any atom is -0.496 e. The normalized spacial score (nSPS) is 13.3. The second-order valence-electron chi connectivity index (χ2n) is 9.56. The zero-order chi connectivity index (χ0) is 29.3. The highest BCUT2D eigenvalue weighted by atomic mass is 19.1. The van der Waals surface area contributed by atoms with Crippen LogP contribution in [0.15, 0.2) is 30.5 Å². The predicted molar refractivity (Wildman–Crippen MR) is 140 cm³/mol. The van der Waals surface area contributed by atoms with Crippen molar-refractivity contribution in [3.05, 3.63) is 47.5 Å². The van der Waals surface area contributed by atoms with Gasteiger partial charge in [0.25, 0.3) is 5.91 Å². The number of carbonyl (C=O) groups excluding carboxylic acids is 3. The molecule has 3 atom stereocenters. The molecule has 0 saturated heterocycles. The number of aromatic nitrogens is 1. The fourth-order valence-corrected chi connectivity index (χ4v) is 4.00. The van der Waals surface area contributed by atoms with Crippen molar-refractivity contribution >= 4 is 17.8 Å². The third-order valence-corrected chi connectivity index (χ3v) is 5.96. The van der Waals surface area contributed by atoms with Gasteiger partial charge in [0.2, 0.25) is 6.79 Å². The van der Waals surface area contributed by atoms with Crippen molar-refractivity contribution in [3.8, 4) is 17.2 Å². The van der Waals surface area contributed by atoms with Crippen molar-refractivity contribution in [2.24, 2.45) is 11.8 Å². The molecule has 0 unspecified atom stereocenters. The van der Waals surface area contributed by atoms with E-state index in [1.54, 1.807) is 26.8 Å². The Morgan fingerprint density at radius 2 is 1.62 bits per heavy atom. The Kier molecular flexibility index (Phi) is 11.5. The lowest BCUT2D eigenvalue weighted by atomic mass is 9.84. The molecule has 2 aromatic rings. The van der Waals surface area contributed by atoms with Gasteiger partial charge >= 0.3 is 11.9 Å². The van der Waals surface area contributed by atoms with E-state index in [1.165, 1.54) is 45.5 Å². The lowest BCUT2D eigenvalue weighted by molar-refractivity contribution is -0.154. The van der Waals surface area contributed by atoms with Gasteiger partial charge < -0.3 is 29.0 Å². The van der Waals surface area contributed by atoms with Gasteiger partial charge in [0.05, 0.1) is 20.1 Å². The summed E-state index contributed by atoms with van der Waals surface area (Å²) in [5, 5.41) is 2.55. The fraction of sp³-hybridized carbons (Fsp3) is 0.500. The first-order valence-electron chi connectivity index (χ1n) is 12.6. The first kappa shape index (κ1) is 31.3. The summed E-state index contributed by atoms with van der Waals surface area (Å²) in [5.41, 5.74) is 0.533. The van der Waals surface area contributed by atoms with Crippen molar-refractivity contribution in [1.82, 2.24) is 10.3 Å². The van der Waals surface area contributed by atoms with E-state index >= 15 is 0 Å². The molecule has 0 aliphatic rings.